The van der Waals surface area contributed by atoms with Crippen LogP contribution in [0.15, 0.2) is 39.4 Å². The maximum atomic E-state index is 14.5. The lowest BCUT2D eigenvalue weighted by atomic mass is 10.1. The molecule has 1 aliphatic heterocycles. The van der Waals surface area contributed by atoms with E-state index in [1.807, 2.05) is 18.2 Å². The van der Waals surface area contributed by atoms with Crippen LogP contribution in [0.25, 0.3) is 11.3 Å². The van der Waals surface area contributed by atoms with Gasteiger partial charge in [0, 0.05) is 12.0 Å². The second-order valence-electron chi connectivity index (χ2n) is 6.48. The minimum Gasteiger partial charge on any atom is -0.493 e. The summed E-state index contributed by atoms with van der Waals surface area (Å²) in [6, 6.07) is 7.39. The van der Waals surface area contributed by atoms with E-state index in [2.05, 4.69) is 20.9 Å². The number of hydrogen-bond acceptors (Lipinski definition) is 6. The molecule has 0 saturated carbocycles. The van der Waals surface area contributed by atoms with Gasteiger partial charge < -0.3 is 24.7 Å². The van der Waals surface area contributed by atoms with Crippen molar-refractivity contribution in [2.75, 3.05) is 13.2 Å². The van der Waals surface area contributed by atoms with Crippen LogP contribution in [0.2, 0.25) is 0 Å². The number of carbonyl (C=O) groups is 1. The van der Waals surface area contributed by atoms with Crippen molar-refractivity contribution in [2.24, 2.45) is 5.73 Å². The Labute approximate surface area is 177 Å². The number of oxazole rings is 1. The average Bonchev–Trinajstić information content (AvgIpc) is 3.33. The second kappa shape index (κ2) is 8.04. The molecule has 0 aliphatic carbocycles. The summed E-state index contributed by atoms with van der Waals surface area (Å²) in [6.45, 7) is -0.00584. The molecule has 0 bridgehead atoms. The molecule has 3 aromatic rings. The van der Waals surface area contributed by atoms with Gasteiger partial charge >= 0.3 is 0 Å². The number of hydrogen-bond donors (Lipinski definition) is 2. The van der Waals surface area contributed by atoms with E-state index in [1.165, 1.54) is 0 Å². The molecule has 1 aliphatic rings. The van der Waals surface area contributed by atoms with E-state index in [0.717, 1.165) is 35.4 Å². The second-order valence-corrected chi connectivity index (χ2v) is 7.20. The number of amides is 1. The molecule has 0 fully saturated rings. The first-order valence-electron chi connectivity index (χ1n) is 8.86. The summed E-state index contributed by atoms with van der Waals surface area (Å²) < 4.78 is 44.9. The van der Waals surface area contributed by atoms with Crippen LogP contribution in [0.4, 0.5) is 8.78 Å². The van der Waals surface area contributed by atoms with Gasteiger partial charge in [0.15, 0.2) is 22.3 Å². The fourth-order valence-electron chi connectivity index (χ4n) is 3.14. The van der Waals surface area contributed by atoms with Crippen LogP contribution in [0.1, 0.15) is 27.9 Å². The molecule has 0 radical (unpaired) electrons. The maximum Gasteiger partial charge on any atom is 0.254 e. The van der Waals surface area contributed by atoms with Gasteiger partial charge in [0.25, 0.3) is 5.91 Å². The van der Waals surface area contributed by atoms with E-state index in [-0.39, 0.29) is 10.6 Å². The van der Waals surface area contributed by atoms with Crippen molar-refractivity contribution < 1.29 is 32.6 Å². The summed E-state index contributed by atoms with van der Waals surface area (Å²) in [5.41, 5.74) is 6.33. The first-order valence-corrected chi connectivity index (χ1v) is 9.66. The SMILES string of the molecule is NC(=O)c1c(F)ccc(O[C@H](CO)c2nc(-c3ccc4c(c3)CCO4)c(Br)o2)c1F. The Kier molecular flexibility index (Phi) is 5.44. The third kappa shape index (κ3) is 3.63. The lowest BCUT2D eigenvalue weighted by molar-refractivity contribution is 0.0880. The van der Waals surface area contributed by atoms with E-state index in [4.69, 9.17) is 19.6 Å². The fourth-order valence-corrected chi connectivity index (χ4v) is 3.62. The average molecular weight is 481 g/mol. The highest BCUT2D eigenvalue weighted by Gasteiger charge is 2.26. The van der Waals surface area contributed by atoms with Crippen LogP contribution in [0.5, 0.6) is 11.5 Å². The van der Waals surface area contributed by atoms with E-state index in [9.17, 15) is 18.7 Å². The van der Waals surface area contributed by atoms with Gasteiger partial charge in [-0.15, -0.1) is 0 Å². The molecule has 10 heteroatoms. The molecule has 1 atom stereocenters. The number of benzene rings is 2. The molecule has 0 spiro atoms. The number of rotatable bonds is 6. The topological polar surface area (TPSA) is 108 Å². The molecule has 0 unspecified atom stereocenters. The van der Waals surface area contributed by atoms with Crippen molar-refractivity contribution in [3.05, 3.63) is 63.7 Å². The Morgan fingerprint density at radius 1 is 1.33 bits per heavy atom. The van der Waals surface area contributed by atoms with Crippen LogP contribution in [-0.4, -0.2) is 29.2 Å². The van der Waals surface area contributed by atoms with Crippen molar-refractivity contribution in [2.45, 2.75) is 12.5 Å². The van der Waals surface area contributed by atoms with Crippen molar-refractivity contribution in [1.29, 1.82) is 0 Å². The third-order valence-corrected chi connectivity index (χ3v) is 5.12. The first-order chi connectivity index (χ1) is 14.4. The van der Waals surface area contributed by atoms with Gasteiger partial charge in [-0.3, -0.25) is 4.79 Å². The van der Waals surface area contributed by atoms with Crippen molar-refractivity contribution in [1.82, 2.24) is 4.98 Å². The number of nitrogens with zero attached hydrogens (tertiary/aromatic N) is 1. The van der Waals surface area contributed by atoms with E-state index in [0.29, 0.717) is 12.3 Å². The summed E-state index contributed by atoms with van der Waals surface area (Å²) in [5, 5.41) is 9.72. The lowest BCUT2D eigenvalue weighted by Crippen LogP contribution is -2.18. The van der Waals surface area contributed by atoms with E-state index < -0.39 is 41.6 Å². The monoisotopic (exact) mass is 480 g/mol. The molecular weight excluding hydrogens is 466 g/mol. The summed E-state index contributed by atoms with van der Waals surface area (Å²) >= 11 is 3.29. The minimum absolute atomic E-state index is 0.0412. The number of fused-ring (bicyclic) bond motifs is 1. The molecule has 30 heavy (non-hydrogen) atoms. The molecule has 2 aromatic carbocycles. The number of aliphatic hydroxyl groups excluding tert-OH is 1. The van der Waals surface area contributed by atoms with Crippen molar-refractivity contribution >= 4 is 21.8 Å². The zero-order chi connectivity index (χ0) is 21.4. The minimum atomic E-state index is -1.28. The smallest absolute Gasteiger partial charge is 0.254 e. The molecule has 4 rings (SSSR count). The quantitative estimate of drug-likeness (QED) is 0.558. The summed E-state index contributed by atoms with van der Waals surface area (Å²) in [7, 11) is 0. The number of nitrogens with two attached hydrogens (primary N) is 1. The lowest BCUT2D eigenvalue weighted by Gasteiger charge is -2.15. The van der Waals surface area contributed by atoms with Gasteiger partial charge in [0.1, 0.15) is 22.8 Å². The van der Waals surface area contributed by atoms with Crippen LogP contribution in [-0.2, 0) is 6.42 Å². The number of halogens is 3. The summed E-state index contributed by atoms with van der Waals surface area (Å²) in [5.74, 6) is -3.37. The van der Waals surface area contributed by atoms with Gasteiger partial charge in [-0.2, -0.15) is 0 Å². The maximum absolute atomic E-state index is 14.5. The predicted molar refractivity (Wildman–Crippen MR) is 104 cm³/mol. The molecule has 7 nitrogen and oxygen atoms in total. The molecular formula is C20H15BrF2N2O5. The van der Waals surface area contributed by atoms with Crippen LogP contribution in [0.3, 0.4) is 0 Å². The zero-order valence-electron chi connectivity index (χ0n) is 15.3. The highest BCUT2D eigenvalue weighted by atomic mass is 79.9. The predicted octanol–water partition coefficient (Wildman–Crippen LogP) is 3.53. The number of primary amides is 1. The molecule has 0 saturated heterocycles. The van der Waals surface area contributed by atoms with Crippen LogP contribution >= 0.6 is 15.9 Å². The van der Waals surface area contributed by atoms with Crippen molar-refractivity contribution in [3.8, 4) is 22.8 Å². The normalized spacial score (nSPS) is 13.6. The molecule has 156 valence electrons. The Hall–Kier alpha value is -2.98. The van der Waals surface area contributed by atoms with Crippen LogP contribution < -0.4 is 15.2 Å². The Bertz CT molecular complexity index is 1130. The van der Waals surface area contributed by atoms with Gasteiger partial charge in [-0.1, -0.05) is 0 Å². The van der Waals surface area contributed by atoms with Gasteiger partial charge in [0.05, 0.1) is 13.2 Å². The third-order valence-electron chi connectivity index (χ3n) is 4.58. The van der Waals surface area contributed by atoms with Crippen LogP contribution in [0, 0.1) is 11.6 Å². The number of ether oxygens (including phenoxy) is 2. The first kappa shape index (κ1) is 20.3. The highest BCUT2D eigenvalue weighted by molar-refractivity contribution is 9.10. The zero-order valence-corrected chi connectivity index (χ0v) is 16.9. The number of aliphatic hydroxyl groups is 1. The molecule has 2 heterocycles. The van der Waals surface area contributed by atoms with E-state index >= 15 is 0 Å². The fraction of sp³-hybridized carbons (Fsp3) is 0.200. The van der Waals surface area contributed by atoms with Gasteiger partial charge in [-0.05, 0) is 51.8 Å². The highest BCUT2D eigenvalue weighted by Crippen LogP contribution is 2.36. The molecule has 1 aromatic heterocycles. The largest absolute Gasteiger partial charge is 0.493 e. The summed E-state index contributed by atoms with van der Waals surface area (Å²) in [4.78, 5) is 15.6. The Morgan fingerprint density at radius 3 is 2.87 bits per heavy atom. The Morgan fingerprint density at radius 2 is 2.13 bits per heavy atom. The number of aromatic nitrogens is 1. The van der Waals surface area contributed by atoms with Crippen molar-refractivity contribution in [3.63, 3.8) is 0 Å². The Balaban J connectivity index is 1.65. The van der Waals surface area contributed by atoms with Gasteiger partial charge in [0.2, 0.25) is 5.89 Å². The summed E-state index contributed by atoms with van der Waals surface area (Å²) in [6.07, 6.45) is -0.437. The molecule has 1 amide bonds. The van der Waals surface area contributed by atoms with Gasteiger partial charge in [-0.25, -0.2) is 13.8 Å². The number of carbonyl (C=O) groups excluding carboxylic acids is 1. The standard InChI is InChI=1S/C20H15BrF2N2O5/c21-18-17(10-1-3-12-9(7-10)5-6-28-12)25-20(30-18)14(8-26)29-13-4-2-11(22)15(16(13)23)19(24)27/h1-4,7,14,26H,5-6,8H2,(H2,24,27)/t14-/m1/s1. The van der Waals surface area contributed by atoms with E-state index in [1.54, 1.807) is 0 Å². The molecule has 3 N–H and O–H groups in total.